The highest BCUT2D eigenvalue weighted by Crippen LogP contribution is 2.25. The third-order valence-corrected chi connectivity index (χ3v) is 7.11. The molecule has 10 heteroatoms. The lowest BCUT2D eigenvalue weighted by Gasteiger charge is -2.35. The van der Waals surface area contributed by atoms with E-state index < -0.39 is 0 Å². The summed E-state index contributed by atoms with van der Waals surface area (Å²) in [6, 6.07) is 17.5. The SMILES string of the molecule is CC(=O)NCCNc1cc(N2CCN(C(=O)CCc3c[nH]c4ccccc34)CC2)nc(-c2ccc(Cl)cc2)n1. The molecule has 4 aromatic rings. The fraction of sp³-hybridized carbons (Fsp3) is 0.310. The number of rotatable bonds is 9. The maximum absolute atomic E-state index is 13.0. The molecule has 0 aliphatic carbocycles. The van der Waals surface area contributed by atoms with Gasteiger partial charge in [0.25, 0.3) is 0 Å². The topological polar surface area (TPSA) is 106 Å². The molecular formula is C29H32ClN7O2. The van der Waals surface area contributed by atoms with Crippen molar-refractivity contribution in [3.63, 3.8) is 0 Å². The minimum atomic E-state index is -0.0732. The summed E-state index contributed by atoms with van der Waals surface area (Å²) in [5, 5.41) is 7.89. The zero-order valence-electron chi connectivity index (χ0n) is 21.9. The number of H-pyrrole nitrogens is 1. The minimum Gasteiger partial charge on any atom is -0.368 e. The number of nitrogens with zero attached hydrogens (tertiary/aromatic N) is 4. The van der Waals surface area contributed by atoms with Crippen LogP contribution in [0.25, 0.3) is 22.3 Å². The number of aromatic nitrogens is 3. The van der Waals surface area contributed by atoms with Gasteiger partial charge in [0.1, 0.15) is 11.6 Å². The van der Waals surface area contributed by atoms with Crippen molar-refractivity contribution in [3.05, 3.63) is 71.4 Å². The molecule has 0 bridgehead atoms. The van der Waals surface area contributed by atoms with E-state index in [0.717, 1.165) is 16.9 Å². The first-order chi connectivity index (χ1) is 19.0. The predicted octanol–water partition coefficient (Wildman–Crippen LogP) is 4.11. The van der Waals surface area contributed by atoms with Gasteiger partial charge in [0, 0.05) is 86.4 Å². The summed E-state index contributed by atoms with van der Waals surface area (Å²) in [6.07, 6.45) is 3.20. The van der Waals surface area contributed by atoms with Crippen molar-refractivity contribution in [1.82, 2.24) is 25.2 Å². The number of hydrogen-bond donors (Lipinski definition) is 3. The number of carbonyl (C=O) groups is 2. The Labute approximate surface area is 232 Å². The monoisotopic (exact) mass is 545 g/mol. The number of aromatic amines is 1. The number of anilines is 2. The number of halogens is 1. The lowest BCUT2D eigenvalue weighted by Crippen LogP contribution is -2.49. The molecule has 1 aliphatic rings. The highest BCUT2D eigenvalue weighted by atomic mass is 35.5. The van der Waals surface area contributed by atoms with Crippen LogP contribution in [0.3, 0.4) is 0 Å². The van der Waals surface area contributed by atoms with Gasteiger partial charge in [-0.2, -0.15) is 0 Å². The Morgan fingerprint density at radius 3 is 2.54 bits per heavy atom. The van der Waals surface area contributed by atoms with Crippen molar-refractivity contribution >= 4 is 46.0 Å². The normalized spacial score (nSPS) is 13.5. The lowest BCUT2D eigenvalue weighted by atomic mass is 10.1. The van der Waals surface area contributed by atoms with Crippen LogP contribution in [0.2, 0.25) is 5.02 Å². The molecule has 2 amide bonds. The fourth-order valence-electron chi connectivity index (χ4n) is 4.77. The van der Waals surface area contributed by atoms with Gasteiger partial charge in [-0.1, -0.05) is 29.8 Å². The molecule has 1 fully saturated rings. The molecule has 1 saturated heterocycles. The quantitative estimate of drug-likeness (QED) is 0.273. The van der Waals surface area contributed by atoms with Crippen LogP contribution in [0.1, 0.15) is 18.9 Å². The third-order valence-electron chi connectivity index (χ3n) is 6.86. The maximum Gasteiger partial charge on any atom is 0.223 e. The second kappa shape index (κ2) is 12.2. The van der Waals surface area contributed by atoms with E-state index in [2.05, 4.69) is 37.6 Å². The summed E-state index contributed by atoms with van der Waals surface area (Å²) < 4.78 is 0. The van der Waals surface area contributed by atoms with Crippen LogP contribution in [0.15, 0.2) is 60.8 Å². The Bertz CT molecular complexity index is 1450. The molecule has 0 atom stereocenters. The number of carbonyl (C=O) groups excluding carboxylic acids is 2. The summed E-state index contributed by atoms with van der Waals surface area (Å²) >= 11 is 6.08. The summed E-state index contributed by atoms with van der Waals surface area (Å²) in [6.45, 7) is 5.16. The van der Waals surface area contributed by atoms with Crippen molar-refractivity contribution in [1.29, 1.82) is 0 Å². The van der Waals surface area contributed by atoms with Gasteiger partial charge in [0.2, 0.25) is 11.8 Å². The van der Waals surface area contributed by atoms with Crippen molar-refractivity contribution < 1.29 is 9.59 Å². The second-order valence-electron chi connectivity index (χ2n) is 9.58. The number of amides is 2. The van der Waals surface area contributed by atoms with E-state index in [-0.39, 0.29) is 11.8 Å². The van der Waals surface area contributed by atoms with E-state index in [9.17, 15) is 9.59 Å². The number of hydrogen-bond acceptors (Lipinski definition) is 6. The summed E-state index contributed by atoms with van der Waals surface area (Å²) in [7, 11) is 0. The molecule has 0 unspecified atom stereocenters. The molecule has 3 heterocycles. The first-order valence-electron chi connectivity index (χ1n) is 13.2. The standard InChI is InChI=1S/C29H32ClN7O2/c1-20(38)31-12-13-32-26-18-27(35-29(34-26)21-6-9-23(30)10-7-21)36-14-16-37(17-15-36)28(39)11-8-22-19-33-25-5-3-2-4-24(22)25/h2-7,9-10,18-19,33H,8,11-17H2,1H3,(H,31,38)(H,32,34,35). The molecule has 2 aromatic heterocycles. The number of nitrogens with one attached hydrogen (secondary N) is 3. The minimum absolute atomic E-state index is 0.0732. The van der Waals surface area contributed by atoms with E-state index in [4.69, 9.17) is 16.6 Å². The molecule has 1 aliphatic heterocycles. The highest BCUT2D eigenvalue weighted by Gasteiger charge is 2.23. The summed E-state index contributed by atoms with van der Waals surface area (Å²) in [5.41, 5.74) is 3.13. The Morgan fingerprint density at radius 2 is 1.77 bits per heavy atom. The molecule has 202 valence electrons. The first-order valence-corrected chi connectivity index (χ1v) is 13.5. The average molecular weight is 546 g/mol. The summed E-state index contributed by atoms with van der Waals surface area (Å²) in [4.78, 5) is 41.1. The Hall–Kier alpha value is -4.11. The number of fused-ring (bicyclic) bond motifs is 1. The van der Waals surface area contributed by atoms with E-state index in [1.165, 1.54) is 17.9 Å². The number of para-hydroxylation sites is 1. The molecule has 5 rings (SSSR count). The van der Waals surface area contributed by atoms with Crippen molar-refractivity contribution in [2.75, 3.05) is 49.5 Å². The second-order valence-corrected chi connectivity index (χ2v) is 10.0. The number of benzene rings is 2. The van der Waals surface area contributed by atoms with E-state index >= 15 is 0 Å². The van der Waals surface area contributed by atoms with Gasteiger partial charge < -0.3 is 25.4 Å². The smallest absolute Gasteiger partial charge is 0.223 e. The van der Waals surface area contributed by atoms with Crippen LogP contribution in [-0.2, 0) is 16.0 Å². The van der Waals surface area contributed by atoms with Gasteiger partial charge in [0.05, 0.1) is 0 Å². The fourth-order valence-corrected chi connectivity index (χ4v) is 4.89. The van der Waals surface area contributed by atoms with Crippen LogP contribution >= 0.6 is 11.6 Å². The largest absolute Gasteiger partial charge is 0.368 e. The van der Waals surface area contributed by atoms with Gasteiger partial charge >= 0.3 is 0 Å². The number of aryl methyl sites for hydroxylation is 1. The van der Waals surface area contributed by atoms with Crippen molar-refractivity contribution in [2.45, 2.75) is 19.8 Å². The van der Waals surface area contributed by atoms with Crippen molar-refractivity contribution in [3.8, 4) is 11.4 Å². The van der Waals surface area contributed by atoms with Gasteiger partial charge in [-0.15, -0.1) is 0 Å². The molecule has 3 N–H and O–H groups in total. The predicted molar refractivity (Wildman–Crippen MR) is 155 cm³/mol. The van der Waals surface area contributed by atoms with E-state index in [0.29, 0.717) is 68.8 Å². The van der Waals surface area contributed by atoms with Crippen molar-refractivity contribution in [2.24, 2.45) is 0 Å². The Morgan fingerprint density at radius 1 is 1.00 bits per heavy atom. The van der Waals surface area contributed by atoms with E-state index in [1.807, 2.05) is 53.6 Å². The molecule has 9 nitrogen and oxygen atoms in total. The zero-order valence-corrected chi connectivity index (χ0v) is 22.7. The van der Waals surface area contributed by atoms with Gasteiger partial charge in [0.15, 0.2) is 5.82 Å². The molecule has 2 aromatic carbocycles. The van der Waals surface area contributed by atoms with E-state index in [1.54, 1.807) is 0 Å². The van der Waals surface area contributed by atoms with Crippen LogP contribution in [0.5, 0.6) is 0 Å². The molecule has 0 radical (unpaired) electrons. The molecule has 39 heavy (non-hydrogen) atoms. The molecular weight excluding hydrogens is 514 g/mol. The molecule has 0 spiro atoms. The average Bonchev–Trinajstić information content (AvgIpc) is 3.37. The van der Waals surface area contributed by atoms with Crippen LogP contribution in [-0.4, -0.2) is 70.9 Å². The third kappa shape index (κ3) is 6.67. The maximum atomic E-state index is 13.0. The lowest BCUT2D eigenvalue weighted by molar-refractivity contribution is -0.131. The van der Waals surface area contributed by atoms with Gasteiger partial charge in [-0.25, -0.2) is 9.97 Å². The van der Waals surface area contributed by atoms with Crippen LogP contribution < -0.4 is 15.5 Å². The highest BCUT2D eigenvalue weighted by molar-refractivity contribution is 6.30. The van der Waals surface area contributed by atoms with Crippen LogP contribution in [0.4, 0.5) is 11.6 Å². The first kappa shape index (κ1) is 26.5. The Kier molecular flexibility index (Phi) is 8.27. The van der Waals surface area contributed by atoms with Crippen LogP contribution in [0, 0.1) is 0 Å². The number of piperazine rings is 1. The Balaban J connectivity index is 1.23. The molecule has 0 saturated carbocycles. The van der Waals surface area contributed by atoms with Gasteiger partial charge in [-0.05, 0) is 42.3 Å². The van der Waals surface area contributed by atoms with Gasteiger partial charge in [-0.3, -0.25) is 9.59 Å². The zero-order chi connectivity index (χ0) is 27.2. The summed E-state index contributed by atoms with van der Waals surface area (Å²) in [5.74, 6) is 2.15.